The van der Waals surface area contributed by atoms with Crippen molar-refractivity contribution in [2.45, 2.75) is 4.90 Å². The molecule has 0 aliphatic rings. The Bertz CT molecular complexity index is 747. The first-order chi connectivity index (χ1) is 9.99. The normalized spacial score (nSPS) is 10.1. The number of carboxylic acids is 1. The summed E-state index contributed by atoms with van der Waals surface area (Å²) in [6.45, 7) is 0. The Labute approximate surface area is 122 Å². The zero-order valence-electron chi connectivity index (χ0n) is 10.7. The lowest BCUT2D eigenvalue weighted by Crippen LogP contribution is -2.04. The number of hydrogen-bond acceptors (Lipinski definition) is 6. The average molecular weight is 304 g/mol. The average Bonchev–Trinajstić information content (AvgIpc) is 2.91. The van der Waals surface area contributed by atoms with Gasteiger partial charge in [-0.3, -0.25) is 10.1 Å². The first-order valence-electron chi connectivity index (χ1n) is 5.54. The van der Waals surface area contributed by atoms with Crippen LogP contribution in [-0.2, 0) is 0 Å². The molecular weight excluding hydrogens is 296 g/mol. The lowest BCUT2D eigenvalue weighted by Gasteiger charge is -2.06. The Hall–Kier alpha value is -2.86. The summed E-state index contributed by atoms with van der Waals surface area (Å²) in [5, 5.41) is 32.8. The van der Waals surface area contributed by atoms with Crippen LogP contribution in [0.2, 0.25) is 0 Å². The van der Waals surface area contributed by atoms with Crippen molar-refractivity contribution in [1.29, 1.82) is 5.26 Å². The van der Waals surface area contributed by atoms with Gasteiger partial charge < -0.3 is 5.11 Å². The molecule has 9 heteroatoms. The maximum atomic E-state index is 11.0. The number of benzene rings is 1. The van der Waals surface area contributed by atoms with E-state index in [0.717, 1.165) is 10.9 Å². The van der Waals surface area contributed by atoms with Gasteiger partial charge in [-0.1, -0.05) is 6.07 Å². The van der Waals surface area contributed by atoms with Crippen LogP contribution in [0.4, 0.5) is 5.69 Å². The van der Waals surface area contributed by atoms with E-state index in [1.165, 1.54) is 11.8 Å². The number of aromatic nitrogens is 2. The molecule has 0 amide bonds. The van der Waals surface area contributed by atoms with E-state index in [-0.39, 0.29) is 5.56 Å². The second-order valence-corrected chi connectivity index (χ2v) is 4.68. The largest absolute Gasteiger partial charge is 0.476 e. The van der Waals surface area contributed by atoms with Gasteiger partial charge in [-0.25, -0.2) is 9.48 Å². The summed E-state index contributed by atoms with van der Waals surface area (Å²) < 4.78 is 1.04. The number of hydrogen-bond donors (Lipinski definition) is 1. The van der Waals surface area contributed by atoms with Gasteiger partial charge >= 0.3 is 11.7 Å². The second kappa shape index (κ2) is 5.64. The fraction of sp³-hybridized carbons (Fsp3) is 0.0833. The number of nitrogens with zero attached hydrogens (tertiary/aromatic N) is 4. The zero-order valence-corrected chi connectivity index (χ0v) is 11.5. The van der Waals surface area contributed by atoms with E-state index in [1.807, 2.05) is 6.07 Å². The minimum absolute atomic E-state index is 0.277. The molecule has 0 bridgehead atoms. The van der Waals surface area contributed by atoms with E-state index < -0.39 is 22.3 Å². The maximum absolute atomic E-state index is 11.0. The zero-order chi connectivity index (χ0) is 15.6. The summed E-state index contributed by atoms with van der Waals surface area (Å²) in [5.41, 5.74) is -0.723. The standard InChI is InChI=1S/C12H8N4O4S/c1-21-10-4-2-3-8(7(10)5-13)15-6-9(16(19)20)11(14-15)12(17)18/h2-4,6H,1H3,(H,17,18). The molecule has 1 aromatic heterocycles. The number of nitriles is 1. The van der Waals surface area contributed by atoms with Crippen LogP contribution in [0.3, 0.4) is 0 Å². The van der Waals surface area contributed by atoms with Crippen molar-refractivity contribution in [1.82, 2.24) is 9.78 Å². The van der Waals surface area contributed by atoms with Crippen molar-refractivity contribution < 1.29 is 14.8 Å². The second-order valence-electron chi connectivity index (χ2n) is 3.84. The highest BCUT2D eigenvalue weighted by Crippen LogP contribution is 2.27. The molecule has 0 spiro atoms. The van der Waals surface area contributed by atoms with Gasteiger partial charge in [-0.2, -0.15) is 10.4 Å². The molecule has 8 nitrogen and oxygen atoms in total. The van der Waals surface area contributed by atoms with Crippen molar-refractivity contribution in [3.05, 3.63) is 45.8 Å². The molecule has 0 aliphatic carbocycles. The number of nitro groups is 1. The first-order valence-corrected chi connectivity index (χ1v) is 6.77. The molecule has 1 N–H and O–H groups in total. The Morgan fingerprint density at radius 1 is 1.57 bits per heavy atom. The van der Waals surface area contributed by atoms with Crippen LogP contribution >= 0.6 is 11.8 Å². The van der Waals surface area contributed by atoms with Crippen LogP contribution < -0.4 is 0 Å². The summed E-state index contributed by atoms with van der Waals surface area (Å²) in [6, 6.07) is 6.93. The van der Waals surface area contributed by atoms with E-state index in [1.54, 1.807) is 24.5 Å². The van der Waals surface area contributed by atoms with Crippen LogP contribution in [0.1, 0.15) is 16.1 Å². The molecule has 2 aromatic rings. The predicted octanol–water partition coefficient (Wildman–Crippen LogP) is 2.07. The third-order valence-corrected chi connectivity index (χ3v) is 3.46. The lowest BCUT2D eigenvalue weighted by molar-refractivity contribution is -0.385. The molecule has 0 radical (unpaired) electrons. The van der Waals surface area contributed by atoms with Gasteiger partial charge in [-0.05, 0) is 18.4 Å². The van der Waals surface area contributed by atoms with E-state index in [9.17, 15) is 20.2 Å². The summed E-state index contributed by atoms with van der Waals surface area (Å²) in [5.74, 6) is -1.50. The third-order valence-electron chi connectivity index (χ3n) is 2.68. The SMILES string of the molecule is CSc1cccc(-n2cc([N+](=O)[O-])c(C(=O)O)n2)c1C#N. The smallest absolute Gasteiger partial charge is 0.363 e. The minimum atomic E-state index is -1.50. The van der Waals surface area contributed by atoms with Crippen LogP contribution in [0, 0.1) is 21.4 Å². The van der Waals surface area contributed by atoms with E-state index in [0.29, 0.717) is 10.6 Å². The number of carboxylic acid groups (broad SMARTS) is 1. The highest BCUT2D eigenvalue weighted by atomic mass is 32.2. The lowest BCUT2D eigenvalue weighted by atomic mass is 10.2. The van der Waals surface area contributed by atoms with Crippen molar-refractivity contribution in [2.24, 2.45) is 0 Å². The maximum Gasteiger partial charge on any atom is 0.363 e. The molecule has 0 aliphatic heterocycles. The van der Waals surface area contributed by atoms with E-state index in [4.69, 9.17) is 5.11 Å². The number of rotatable bonds is 4. The molecule has 0 saturated heterocycles. The summed E-state index contributed by atoms with van der Waals surface area (Å²) in [6.07, 6.45) is 2.78. The first kappa shape index (κ1) is 14.5. The Kier molecular flexibility index (Phi) is 3.91. The molecule has 106 valence electrons. The number of aromatic carboxylic acids is 1. The summed E-state index contributed by atoms with van der Waals surface area (Å²) >= 11 is 1.34. The number of carbonyl (C=O) groups is 1. The minimum Gasteiger partial charge on any atom is -0.476 e. The van der Waals surface area contributed by atoms with Gasteiger partial charge in [0, 0.05) is 4.90 Å². The van der Waals surface area contributed by atoms with Crippen LogP contribution in [0.5, 0.6) is 0 Å². The predicted molar refractivity (Wildman–Crippen MR) is 73.7 cm³/mol. The van der Waals surface area contributed by atoms with Gasteiger partial charge in [0.05, 0.1) is 16.2 Å². The van der Waals surface area contributed by atoms with Crippen LogP contribution in [-0.4, -0.2) is 32.0 Å². The molecule has 0 atom stereocenters. The molecule has 0 fully saturated rings. The highest BCUT2D eigenvalue weighted by Gasteiger charge is 2.26. The molecule has 2 rings (SSSR count). The van der Waals surface area contributed by atoms with Gasteiger partial charge in [-0.15, -0.1) is 11.8 Å². The Morgan fingerprint density at radius 3 is 2.76 bits per heavy atom. The molecule has 21 heavy (non-hydrogen) atoms. The molecule has 0 unspecified atom stereocenters. The molecule has 0 saturated carbocycles. The van der Waals surface area contributed by atoms with Crippen molar-refractivity contribution in [3.8, 4) is 11.8 Å². The fourth-order valence-electron chi connectivity index (χ4n) is 1.77. The topological polar surface area (TPSA) is 122 Å². The van der Waals surface area contributed by atoms with Crippen molar-refractivity contribution >= 4 is 23.4 Å². The Balaban J connectivity index is 2.69. The molecular formula is C12H8N4O4S. The van der Waals surface area contributed by atoms with Gasteiger partial charge in [0.25, 0.3) is 0 Å². The number of thioether (sulfide) groups is 1. The summed E-state index contributed by atoms with van der Waals surface area (Å²) in [4.78, 5) is 21.7. The molecule has 1 heterocycles. The molecule has 1 aromatic carbocycles. The van der Waals surface area contributed by atoms with Gasteiger partial charge in [0.1, 0.15) is 12.3 Å². The summed E-state index contributed by atoms with van der Waals surface area (Å²) in [7, 11) is 0. The van der Waals surface area contributed by atoms with Gasteiger partial charge in [0.15, 0.2) is 0 Å². The van der Waals surface area contributed by atoms with Crippen molar-refractivity contribution in [3.63, 3.8) is 0 Å². The van der Waals surface area contributed by atoms with Crippen LogP contribution in [0.25, 0.3) is 5.69 Å². The Morgan fingerprint density at radius 2 is 2.29 bits per heavy atom. The quantitative estimate of drug-likeness (QED) is 0.521. The van der Waals surface area contributed by atoms with Crippen LogP contribution in [0.15, 0.2) is 29.3 Å². The highest BCUT2D eigenvalue weighted by molar-refractivity contribution is 7.98. The van der Waals surface area contributed by atoms with Gasteiger partial charge in [0.2, 0.25) is 5.69 Å². The van der Waals surface area contributed by atoms with Crippen molar-refractivity contribution in [2.75, 3.05) is 6.26 Å². The van der Waals surface area contributed by atoms with E-state index >= 15 is 0 Å². The third kappa shape index (κ3) is 2.56. The monoisotopic (exact) mass is 304 g/mol. The fourth-order valence-corrected chi connectivity index (χ4v) is 2.34. The van der Waals surface area contributed by atoms with E-state index in [2.05, 4.69) is 5.10 Å².